The number of benzene rings is 1. The van der Waals surface area contributed by atoms with Gasteiger partial charge in [0, 0.05) is 15.5 Å². The van der Waals surface area contributed by atoms with E-state index in [4.69, 9.17) is 0 Å². The van der Waals surface area contributed by atoms with Crippen molar-refractivity contribution in [3.05, 3.63) is 38.5 Å². The highest BCUT2D eigenvalue weighted by Gasteiger charge is 2.11. The lowest BCUT2D eigenvalue weighted by Gasteiger charge is -2.08. The second-order valence-corrected chi connectivity index (χ2v) is 6.97. The van der Waals surface area contributed by atoms with Gasteiger partial charge in [-0.05, 0) is 68.9 Å². The largest absolute Gasteiger partial charge is 0.311 e. The van der Waals surface area contributed by atoms with Crippen LogP contribution in [0.4, 0.5) is 0 Å². The van der Waals surface area contributed by atoms with Gasteiger partial charge in [-0.3, -0.25) is 0 Å². The third-order valence-electron chi connectivity index (χ3n) is 2.79. The van der Waals surface area contributed by atoms with Crippen LogP contribution < -0.4 is 5.32 Å². The van der Waals surface area contributed by atoms with Crippen molar-refractivity contribution in [3.63, 3.8) is 0 Å². The Hall–Kier alpha value is -0.720. The molecule has 0 saturated carbocycles. The van der Waals surface area contributed by atoms with E-state index in [2.05, 4.69) is 80.4 Å². The number of aryl methyl sites for hydroxylation is 1. The second kappa shape index (κ2) is 6.83. The average molecular weight is 402 g/mol. The fraction of sp³-hybridized carbons (Fsp3) is 0.429. The maximum Gasteiger partial charge on any atom is 0.0969 e. The summed E-state index contributed by atoms with van der Waals surface area (Å²) < 4.78 is 3.78. The molecule has 6 heteroatoms. The summed E-state index contributed by atoms with van der Waals surface area (Å²) in [7, 11) is 0. The second-order valence-electron chi connectivity index (χ2n) is 5.26. The first-order chi connectivity index (χ1) is 9.47. The molecule has 2 aromatic rings. The Morgan fingerprint density at radius 2 is 1.90 bits per heavy atom. The molecule has 0 radical (unpaired) electrons. The number of rotatable bonds is 5. The van der Waals surface area contributed by atoms with Gasteiger partial charge in [0.15, 0.2) is 0 Å². The fourth-order valence-corrected chi connectivity index (χ4v) is 3.67. The molecule has 1 heterocycles. The lowest BCUT2D eigenvalue weighted by Crippen LogP contribution is -2.19. The molecule has 0 spiro atoms. The highest BCUT2D eigenvalue weighted by atomic mass is 79.9. The van der Waals surface area contributed by atoms with Crippen molar-refractivity contribution >= 4 is 31.9 Å². The number of hydrogen-bond donors (Lipinski definition) is 1. The molecule has 1 aromatic heterocycles. The molecule has 0 bridgehead atoms. The van der Waals surface area contributed by atoms with Crippen molar-refractivity contribution < 1.29 is 0 Å². The van der Waals surface area contributed by atoms with Crippen molar-refractivity contribution in [1.82, 2.24) is 20.3 Å². The summed E-state index contributed by atoms with van der Waals surface area (Å²) in [6.07, 6.45) is 1.95. The van der Waals surface area contributed by atoms with Crippen molar-refractivity contribution in [2.45, 2.75) is 27.3 Å². The Labute approximate surface area is 136 Å². The number of hydrogen-bond acceptors (Lipinski definition) is 3. The van der Waals surface area contributed by atoms with E-state index >= 15 is 0 Å². The highest BCUT2D eigenvalue weighted by molar-refractivity contribution is 9.11. The van der Waals surface area contributed by atoms with E-state index in [9.17, 15) is 0 Å². The molecule has 0 amide bonds. The van der Waals surface area contributed by atoms with Gasteiger partial charge in [0.25, 0.3) is 0 Å². The maximum absolute atomic E-state index is 4.20. The number of aromatic nitrogens is 3. The predicted octanol–water partition coefficient (Wildman–Crippen LogP) is 3.85. The topological polar surface area (TPSA) is 42.7 Å². The van der Waals surface area contributed by atoms with Crippen molar-refractivity contribution in [3.8, 4) is 5.69 Å². The van der Waals surface area contributed by atoms with E-state index < -0.39 is 0 Å². The molecule has 0 aliphatic carbocycles. The van der Waals surface area contributed by atoms with Gasteiger partial charge < -0.3 is 5.32 Å². The van der Waals surface area contributed by atoms with Gasteiger partial charge in [-0.15, -0.1) is 5.10 Å². The summed E-state index contributed by atoms with van der Waals surface area (Å²) in [6.45, 7) is 8.14. The zero-order valence-corrected chi connectivity index (χ0v) is 15.0. The van der Waals surface area contributed by atoms with Crippen LogP contribution >= 0.6 is 31.9 Å². The molecule has 20 heavy (non-hydrogen) atoms. The lowest BCUT2D eigenvalue weighted by atomic mass is 10.2. The number of nitrogens with one attached hydrogen (secondary N) is 1. The van der Waals surface area contributed by atoms with E-state index in [1.54, 1.807) is 4.68 Å². The first-order valence-corrected chi connectivity index (χ1v) is 8.14. The van der Waals surface area contributed by atoms with E-state index in [-0.39, 0.29) is 0 Å². The van der Waals surface area contributed by atoms with E-state index in [0.717, 1.165) is 33.4 Å². The number of nitrogens with zero attached hydrogens (tertiary/aromatic N) is 3. The first-order valence-electron chi connectivity index (χ1n) is 6.55. The van der Waals surface area contributed by atoms with E-state index in [1.807, 2.05) is 6.20 Å². The van der Waals surface area contributed by atoms with Crippen molar-refractivity contribution in [1.29, 1.82) is 0 Å². The monoisotopic (exact) mass is 400 g/mol. The minimum absolute atomic E-state index is 0.630. The molecule has 0 saturated heterocycles. The Kier molecular flexibility index (Phi) is 5.35. The summed E-state index contributed by atoms with van der Waals surface area (Å²) in [6, 6.07) is 4.14. The van der Waals surface area contributed by atoms with Gasteiger partial charge in [0.2, 0.25) is 0 Å². The van der Waals surface area contributed by atoms with Crippen LogP contribution in [0.15, 0.2) is 27.3 Å². The molecule has 2 rings (SSSR count). The van der Waals surface area contributed by atoms with Gasteiger partial charge in [-0.1, -0.05) is 19.1 Å². The third kappa shape index (κ3) is 3.90. The predicted molar refractivity (Wildman–Crippen MR) is 88.0 cm³/mol. The molecule has 108 valence electrons. The quantitative estimate of drug-likeness (QED) is 0.827. The molecule has 0 aliphatic heterocycles. The zero-order chi connectivity index (χ0) is 14.7. The first kappa shape index (κ1) is 15.7. The molecule has 1 aromatic carbocycles. The highest BCUT2D eigenvalue weighted by Crippen LogP contribution is 2.30. The van der Waals surface area contributed by atoms with Crippen LogP contribution in [0.2, 0.25) is 0 Å². The third-order valence-corrected chi connectivity index (χ3v) is 4.00. The maximum atomic E-state index is 4.20. The summed E-state index contributed by atoms with van der Waals surface area (Å²) in [5, 5.41) is 11.8. The molecule has 0 fully saturated rings. The van der Waals surface area contributed by atoms with E-state index in [1.165, 1.54) is 5.56 Å². The van der Waals surface area contributed by atoms with Crippen molar-refractivity contribution in [2.75, 3.05) is 6.54 Å². The molecule has 1 N–H and O–H groups in total. The summed E-state index contributed by atoms with van der Waals surface area (Å²) in [5.74, 6) is 0.630. The van der Waals surface area contributed by atoms with Crippen LogP contribution in [-0.4, -0.2) is 21.5 Å². The Bertz CT molecular complexity index is 570. The SMILES string of the molecule is Cc1cc(Br)c(-n2cc(CNCC(C)C)nn2)c(Br)c1. The normalized spacial score (nSPS) is 11.3. The average Bonchev–Trinajstić information content (AvgIpc) is 2.75. The Morgan fingerprint density at radius 3 is 2.50 bits per heavy atom. The smallest absolute Gasteiger partial charge is 0.0969 e. The van der Waals surface area contributed by atoms with Gasteiger partial charge in [0.1, 0.15) is 0 Å². The minimum Gasteiger partial charge on any atom is -0.311 e. The molecular formula is C14H18Br2N4. The zero-order valence-electron chi connectivity index (χ0n) is 11.8. The van der Waals surface area contributed by atoms with Crippen molar-refractivity contribution in [2.24, 2.45) is 5.92 Å². The van der Waals surface area contributed by atoms with Gasteiger partial charge in [-0.2, -0.15) is 0 Å². The summed E-state index contributed by atoms with van der Waals surface area (Å²) in [5.41, 5.74) is 3.09. The van der Waals surface area contributed by atoms with Crippen LogP contribution in [0, 0.1) is 12.8 Å². The Morgan fingerprint density at radius 1 is 1.25 bits per heavy atom. The van der Waals surface area contributed by atoms with Crippen LogP contribution in [0.1, 0.15) is 25.1 Å². The molecule has 0 unspecified atom stereocenters. The molecular weight excluding hydrogens is 384 g/mol. The van der Waals surface area contributed by atoms with Gasteiger partial charge in [-0.25, -0.2) is 4.68 Å². The molecule has 4 nitrogen and oxygen atoms in total. The molecule has 0 atom stereocenters. The standard InChI is InChI=1S/C14H18Br2N4/c1-9(2)6-17-7-11-8-20(19-18-11)14-12(15)4-10(3)5-13(14)16/h4-5,8-9,17H,6-7H2,1-3H3. The van der Waals surface area contributed by atoms with Crippen LogP contribution in [0.3, 0.4) is 0 Å². The summed E-state index contributed by atoms with van der Waals surface area (Å²) in [4.78, 5) is 0. The van der Waals surface area contributed by atoms with Gasteiger partial charge >= 0.3 is 0 Å². The van der Waals surface area contributed by atoms with Crippen LogP contribution in [0.5, 0.6) is 0 Å². The van der Waals surface area contributed by atoms with E-state index in [0.29, 0.717) is 5.92 Å². The Balaban J connectivity index is 2.17. The van der Waals surface area contributed by atoms with Gasteiger partial charge in [0.05, 0.1) is 17.6 Å². The summed E-state index contributed by atoms with van der Waals surface area (Å²) >= 11 is 7.16. The minimum atomic E-state index is 0.630. The lowest BCUT2D eigenvalue weighted by molar-refractivity contribution is 0.548. The number of halogens is 2. The molecule has 0 aliphatic rings. The van der Waals surface area contributed by atoms with Crippen LogP contribution in [-0.2, 0) is 6.54 Å². The fourth-order valence-electron chi connectivity index (χ4n) is 1.89. The van der Waals surface area contributed by atoms with Crippen LogP contribution in [0.25, 0.3) is 5.69 Å².